The lowest BCUT2D eigenvalue weighted by molar-refractivity contribution is 0.101. The van der Waals surface area contributed by atoms with E-state index < -0.39 is 40.6 Å². The molecule has 0 saturated heterocycles. The summed E-state index contributed by atoms with van der Waals surface area (Å²) in [6.07, 6.45) is 1.04. The number of aromatic nitrogens is 1. The normalized spacial score (nSPS) is 10.8. The van der Waals surface area contributed by atoms with E-state index >= 15 is 0 Å². The van der Waals surface area contributed by atoms with Gasteiger partial charge in [-0.25, -0.2) is 22.0 Å². The summed E-state index contributed by atoms with van der Waals surface area (Å²) in [7, 11) is 0. The van der Waals surface area contributed by atoms with Gasteiger partial charge in [0.2, 0.25) is 5.82 Å². The van der Waals surface area contributed by atoms with Crippen molar-refractivity contribution in [3.63, 3.8) is 0 Å². The number of hydrogen-bond acceptors (Lipinski definition) is 1. The first-order chi connectivity index (χ1) is 8.86. The molecule has 100 valence electrons. The van der Waals surface area contributed by atoms with Crippen molar-refractivity contribution in [3.05, 3.63) is 53.1 Å². The second-order valence-electron chi connectivity index (χ2n) is 3.74. The third-order valence-electron chi connectivity index (χ3n) is 2.54. The van der Waals surface area contributed by atoms with Crippen LogP contribution in [-0.2, 0) is 0 Å². The lowest BCUT2D eigenvalue weighted by Crippen LogP contribution is -2.12. The van der Waals surface area contributed by atoms with E-state index in [1.54, 1.807) is 0 Å². The van der Waals surface area contributed by atoms with E-state index in [0.29, 0.717) is 4.57 Å². The lowest BCUT2D eigenvalue weighted by atomic mass is 10.2. The highest BCUT2D eigenvalue weighted by molar-refractivity contribution is 5.93. The summed E-state index contributed by atoms with van der Waals surface area (Å²) < 4.78 is 66.8. The number of carbonyl (C=O) groups is 1. The van der Waals surface area contributed by atoms with E-state index in [1.165, 1.54) is 12.1 Å². The van der Waals surface area contributed by atoms with Crippen molar-refractivity contribution >= 4 is 5.78 Å². The molecular formula is C12H6F5NO. The fraction of sp³-hybridized carbons (Fsp3) is 0.0833. The van der Waals surface area contributed by atoms with Gasteiger partial charge in [0.15, 0.2) is 29.1 Å². The maximum Gasteiger partial charge on any atom is 0.200 e. The molecule has 0 N–H and O–H groups in total. The molecule has 1 aromatic carbocycles. The Morgan fingerprint density at radius 2 is 1.42 bits per heavy atom. The van der Waals surface area contributed by atoms with Crippen LogP contribution in [0.1, 0.15) is 17.4 Å². The highest BCUT2D eigenvalue weighted by Crippen LogP contribution is 2.27. The Morgan fingerprint density at radius 3 is 1.89 bits per heavy atom. The molecular weight excluding hydrogens is 269 g/mol. The van der Waals surface area contributed by atoms with E-state index in [-0.39, 0.29) is 5.69 Å². The van der Waals surface area contributed by atoms with E-state index in [1.807, 2.05) is 0 Å². The molecule has 0 atom stereocenters. The summed E-state index contributed by atoms with van der Waals surface area (Å²) >= 11 is 0. The molecule has 0 amide bonds. The summed E-state index contributed by atoms with van der Waals surface area (Å²) in [5.41, 5.74) is -1.37. The average Bonchev–Trinajstić information content (AvgIpc) is 2.83. The van der Waals surface area contributed by atoms with Crippen LogP contribution in [0.5, 0.6) is 0 Å². The molecule has 0 bridgehead atoms. The van der Waals surface area contributed by atoms with Crippen LogP contribution in [0.15, 0.2) is 18.3 Å². The van der Waals surface area contributed by atoms with Crippen molar-refractivity contribution in [1.82, 2.24) is 4.57 Å². The van der Waals surface area contributed by atoms with Gasteiger partial charge in [0, 0.05) is 13.1 Å². The van der Waals surface area contributed by atoms with Crippen LogP contribution in [0.2, 0.25) is 0 Å². The lowest BCUT2D eigenvalue weighted by Gasteiger charge is -2.11. The smallest absolute Gasteiger partial charge is 0.200 e. The minimum absolute atomic E-state index is 0.191. The number of carbonyl (C=O) groups excluding carboxylic acids is 1. The minimum atomic E-state index is -2.24. The van der Waals surface area contributed by atoms with Crippen molar-refractivity contribution < 1.29 is 26.7 Å². The first-order valence-electron chi connectivity index (χ1n) is 5.06. The largest absolute Gasteiger partial charge is 0.309 e. The Morgan fingerprint density at radius 1 is 0.947 bits per heavy atom. The molecule has 19 heavy (non-hydrogen) atoms. The average molecular weight is 275 g/mol. The van der Waals surface area contributed by atoms with Crippen LogP contribution in [0.3, 0.4) is 0 Å². The van der Waals surface area contributed by atoms with Crippen molar-refractivity contribution in [2.24, 2.45) is 0 Å². The zero-order valence-corrected chi connectivity index (χ0v) is 9.48. The number of hydrogen-bond donors (Lipinski definition) is 0. The van der Waals surface area contributed by atoms with Gasteiger partial charge in [-0.1, -0.05) is 0 Å². The van der Waals surface area contributed by atoms with Gasteiger partial charge in [0.05, 0.1) is 5.69 Å². The molecule has 2 aromatic rings. The van der Waals surface area contributed by atoms with Gasteiger partial charge < -0.3 is 4.57 Å². The molecule has 1 heterocycles. The van der Waals surface area contributed by atoms with Gasteiger partial charge >= 0.3 is 0 Å². The monoisotopic (exact) mass is 275 g/mol. The van der Waals surface area contributed by atoms with Crippen molar-refractivity contribution in [3.8, 4) is 5.69 Å². The van der Waals surface area contributed by atoms with E-state index in [2.05, 4.69) is 0 Å². The molecule has 0 spiro atoms. The first kappa shape index (κ1) is 13.3. The second kappa shape index (κ2) is 4.49. The molecule has 0 radical (unpaired) electrons. The van der Waals surface area contributed by atoms with Crippen molar-refractivity contribution in [2.45, 2.75) is 6.92 Å². The van der Waals surface area contributed by atoms with Gasteiger partial charge in [-0.15, -0.1) is 0 Å². The van der Waals surface area contributed by atoms with Gasteiger partial charge in [-0.3, -0.25) is 4.79 Å². The van der Waals surface area contributed by atoms with Crippen molar-refractivity contribution in [2.75, 3.05) is 0 Å². The molecule has 2 rings (SSSR count). The zero-order chi connectivity index (χ0) is 14.3. The predicted molar refractivity (Wildman–Crippen MR) is 55.6 cm³/mol. The number of benzene rings is 1. The molecule has 0 aliphatic rings. The summed E-state index contributed by atoms with van der Waals surface area (Å²) in [5, 5.41) is 0. The van der Waals surface area contributed by atoms with Gasteiger partial charge in [0.25, 0.3) is 0 Å². The van der Waals surface area contributed by atoms with Crippen LogP contribution < -0.4 is 0 Å². The Kier molecular flexibility index (Phi) is 3.13. The summed E-state index contributed by atoms with van der Waals surface area (Å²) in [4.78, 5) is 11.2. The standard InChI is InChI=1S/C12H6F5NO/c1-5(19)6-3-2-4-18(6)12-10(16)8(14)7(13)9(15)11(12)17/h2-4H,1H3. The molecule has 2 nitrogen and oxygen atoms in total. The van der Waals surface area contributed by atoms with E-state index in [0.717, 1.165) is 13.1 Å². The van der Waals surface area contributed by atoms with Crippen LogP contribution in [0.25, 0.3) is 5.69 Å². The first-order valence-corrected chi connectivity index (χ1v) is 5.06. The predicted octanol–water partition coefficient (Wildman–Crippen LogP) is 3.38. The highest BCUT2D eigenvalue weighted by Gasteiger charge is 2.27. The van der Waals surface area contributed by atoms with Crippen LogP contribution in [0.4, 0.5) is 22.0 Å². The number of nitrogens with zero attached hydrogens (tertiary/aromatic N) is 1. The minimum Gasteiger partial charge on any atom is -0.309 e. The maximum absolute atomic E-state index is 13.6. The molecule has 0 aliphatic heterocycles. The summed E-state index contributed by atoms with van der Waals surface area (Å²) in [6.45, 7) is 1.11. The Balaban J connectivity index is 2.83. The van der Waals surface area contributed by atoms with E-state index in [9.17, 15) is 26.7 Å². The molecule has 7 heteroatoms. The van der Waals surface area contributed by atoms with Gasteiger partial charge in [-0.2, -0.15) is 0 Å². The fourth-order valence-electron chi connectivity index (χ4n) is 1.67. The van der Waals surface area contributed by atoms with Gasteiger partial charge in [-0.05, 0) is 12.1 Å². The SMILES string of the molecule is CC(=O)c1cccn1-c1c(F)c(F)c(F)c(F)c1F. The van der Waals surface area contributed by atoms with Crippen LogP contribution >= 0.6 is 0 Å². The highest BCUT2D eigenvalue weighted by atomic mass is 19.2. The van der Waals surface area contributed by atoms with Crippen LogP contribution in [-0.4, -0.2) is 10.4 Å². The summed E-state index contributed by atoms with van der Waals surface area (Å²) in [5.74, 6) is -10.9. The zero-order valence-electron chi connectivity index (χ0n) is 9.48. The maximum atomic E-state index is 13.6. The molecule has 0 fully saturated rings. The second-order valence-corrected chi connectivity index (χ2v) is 3.74. The topological polar surface area (TPSA) is 22.0 Å². The number of rotatable bonds is 2. The molecule has 0 aliphatic carbocycles. The fourth-order valence-corrected chi connectivity index (χ4v) is 1.67. The van der Waals surface area contributed by atoms with Crippen molar-refractivity contribution in [1.29, 1.82) is 0 Å². The summed E-state index contributed by atoms with van der Waals surface area (Å²) in [6, 6.07) is 2.47. The third-order valence-corrected chi connectivity index (χ3v) is 2.54. The Labute approximate surface area is 104 Å². The van der Waals surface area contributed by atoms with Gasteiger partial charge in [0.1, 0.15) is 5.69 Å². The quantitative estimate of drug-likeness (QED) is 0.356. The Bertz CT molecular complexity index is 648. The number of halogens is 5. The van der Waals surface area contributed by atoms with Crippen LogP contribution in [0, 0.1) is 29.1 Å². The third kappa shape index (κ3) is 1.91. The molecule has 1 aromatic heterocycles. The van der Waals surface area contributed by atoms with E-state index in [4.69, 9.17) is 0 Å². The number of ketones is 1. The Hall–Kier alpha value is -2.18. The molecule has 0 unspecified atom stereocenters. The number of Topliss-reactive ketones (excluding diaryl/α,β-unsaturated/α-hetero) is 1. The molecule has 0 saturated carbocycles.